The van der Waals surface area contributed by atoms with Crippen molar-refractivity contribution in [1.29, 1.82) is 0 Å². The molecule has 1 aliphatic carbocycles. The number of halogens is 1. The molecule has 1 aliphatic rings. The van der Waals surface area contributed by atoms with Crippen molar-refractivity contribution in [3.63, 3.8) is 0 Å². The summed E-state index contributed by atoms with van der Waals surface area (Å²) in [4.78, 5) is 12.9. The van der Waals surface area contributed by atoms with E-state index in [0.29, 0.717) is 41.9 Å². The summed E-state index contributed by atoms with van der Waals surface area (Å²) in [5.41, 5.74) is 40.4. The Bertz CT molecular complexity index is 3530. The normalized spacial score (nSPS) is 13.9. The number of pyridine rings is 3. The molecule has 0 spiro atoms. The molecule has 0 aliphatic heterocycles. The van der Waals surface area contributed by atoms with Gasteiger partial charge in [0.05, 0.1) is 30.8 Å². The van der Waals surface area contributed by atoms with Crippen molar-refractivity contribution in [3.8, 4) is 50.6 Å². The molecule has 15 heteroatoms. The lowest BCUT2D eigenvalue weighted by molar-refractivity contribution is 0.209. The molecule has 1 fully saturated rings. The zero-order valence-electron chi connectivity index (χ0n) is 44.0. The summed E-state index contributed by atoms with van der Waals surface area (Å²) in [6.45, 7) is 4.60. The van der Waals surface area contributed by atoms with Crippen LogP contribution >= 0.6 is 11.6 Å². The Morgan fingerprint density at radius 2 is 1.03 bits per heavy atom. The van der Waals surface area contributed by atoms with Crippen LogP contribution < -0.4 is 42.9 Å². The highest BCUT2D eigenvalue weighted by atomic mass is 35.5. The van der Waals surface area contributed by atoms with Crippen LogP contribution in [-0.2, 0) is 19.7 Å². The third-order valence-corrected chi connectivity index (χ3v) is 14.7. The lowest BCUT2D eigenvalue weighted by Gasteiger charge is -2.36. The number of ether oxygens (including phenoxy) is 3. The van der Waals surface area contributed by atoms with E-state index in [0.717, 1.165) is 160 Å². The van der Waals surface area contributed by atoms with Gasteiger partial charge in [0.1, 0.15) is 40.6 Å². The van der Waals surface area contributed by atoms with Gasteiger partial charge in [-0.2, -0.15) is 0 Å². The Hall–Kier alpha value is -7.88. The zero-order chi connectivity index (χ0) is 53.7. The van der Waals surface area contributed by atoms with Gasteiger partial charge in [0, 0.05) is 89.2 Å². The maximum Gasteiger partial charge on any atom is 0.138 e. The van der Waals surface area contributed by atoms with Crippen molar-refractivity contribution in [2.24, 2.45) is 23.1 Å². The fourth-order valence-corrected chi connectivity index (χ4v) is 10.5. The van der Waals surface area contributed by atoms with Gasteiger partial charge in [-0.3, -0.25) is 0 Å². The molecule has 6 aromatic heterocycles. The number of aromatic nitrogens is 6. The van der Waals surface area contributed by atoms with E-state index in [1.54, 1.807) is 32.8 Å². The van der Waals surface area contributed by atoms with Gasteiger partial charge in [0.15, 0.2) is 0 Å². The van der Waals surface area contributed by atoms with E-state index in [1.165, 1.54) is 0 Å². The van der Waals surface area contributed by atoms with E-state index in [-0.39, 0.29) is 0 Å². The van der Waals surface area contributed by atoms with Crippen LogP contribution in [0.5, 0.6) is 17.2 Å². The Morgan fingerprint density at radius 3 is 1.61 bits per heavy atom. The van der Waals surface area contributed by atoms with E-state index < -0.39 is 0 Å². The first-order valence-corrected chi connectivity index (χ1v) is 26.9. The van der Waals surface area contributed by atoms with E-state index in [2.05, 4.69) is 83.6 Å². The number of fused-ring (bicyclic) bond motifs is 3. The van der Waals surface area contributed by atoms with E-state index in [9.17, 15) is 0 Å². The van der Waals surface area contributed by atoms with Gasteiger partial charge in [-0.05, 0) is 141 Å². The molecular weight excluding hydrogens is 982 g/mol. The minimum absolute atomic E-state index is 0.488. The van der Waals surface area contributed by atoms with Gasteiger partial charge in [-0.1, -0.05) is 84.8 Å². The minimum Gasteiger partial charge on any atom is -0.497 e. The Morgan fingerprint density at radius 1 is 0.532 bits per heavy atom. The lowest BCUT2D eigenvalue weighted by Crippen LogP contribution is -2.31. The summed E-state index contributed by atoms with van der Waals surface area (Å²) < 4.78 is 23.6. The molecule has 14 nitrogen and oxygen atoms in total. The number of aryl methyl sites for hydroxylation is 2. The average Bonchev–Trinajstić information content (AvgIpc) is 4.16. The van der Waals surface area contributed by atoms with Crippen molar-refractivity contribution in [1.82, 2.24) is 28.7 Å². The summed E-state index contributed by atoms with van der Waals surface area (Å²) in [5.74, 6) is 4.26. The number of nitrogen functional groups attached to an aromatic ring is 2. The third kappa shape index (κ3) is 12.5. The molecule has 1 saturated carbocycles. The molecule has 10 N–H and O–H groups in total. The topological polar surface area (TPSA) is 211 Å². The number of nitrogens with two attached hydrogens (primary N) is 5. The summed E-state index contributed by atoms with van der Waals surface area (Å²) in [5, 5.41) is 3.51. The molecule has 0 saturated heterocycles. The van der Waals surface area contributed by atoms with E-state index >= 15 is 0 Å². The first kappa shape index (κ1) is 53.9. The smallest absolute Gasteiger partial charge is 0.138 e. The Balaban J connectivity index is 0.000000142. The lowest BCUT2D eigenvalue weighted by atomic mass is 9.80. The SMILES string of the molecule is COc1cccc(-c2cn(C3CC(CN)C3)c3ccnc(N)c23)c1.COc1cccc(-c2cn(CCCCCN)c3ccnc(N)c23)c1.NCCCCn1cc(-c2cccc(OCc3ccccc3)c2)c2c(Cl)nccc21. The number of unbranched alkanes of at least 4 members (excludes halogenated alkanes) is 3. The average molecular weight is 1050 g/mol. The molecule has 398 valence electrons. The molecule has 0 unspecified atom stereocenters. The van der Waals surface area contributed by atoms with Crippen LogP contribution in [0.1, 0.15) is 56.6 Å². The van der Waals surface area contributed by atoms with E-state index in [1.807, 2.05) is 84.9 Å². The van der Waals surface area contributed by atoms with Crippen molar-refractivity contribution < 1.29 is 14.2 Å². The highest BCUT2D eigenvalue weighted by Gasteiger charge is 2.31. The first-order chi connectivity index (χ1) is 37.7. The fourth-order valence-electron chi connectivity index (χ4n) is 10.3. The van der Waals surface area contributed by atoms with Crippen molar-refractivity contribution in [3.05, 3.63) is 169 Å². The summed E-state index contributed by atoms with van der Waals surface area (Å²) >= 11 is 6.49. The molecule has 77 heavy (non-hydrogen) atoms. The van der Waals surface area contributed by atoms with Gasteiger partial charge >= 0.3 is 0 Å². The van der Waals surface area contributed by atoms with Gasteiger partial charge in [-0.25, -0.2) is 15.0 Å². The number of benzene rings is 4. The number of methoxy groups -OCH3 is 2. The molecule has 0 bridgehead atoms. The van der Waals surface area contributed by atoms with Crippen molar-refractivity contribution in [2.45, 2.75) is 70.7 Å². The maximum absolute atomic E-state index is 6.49. The van der Waals surface area contributed by atoms with Crippen LogP contribution in [0.4, 0.5) is 11.6 Å². The molecule has 0 radical (unpaired) electrons. The van der Waals surface area contributed by atoms with Crippen LogP contribution in [-0.4, -0.2) is 62.5 Å². The quantitative estimate of drug-likeness (QED) is 0.0380. The zero-order valence-corrected chi connectivity index (χ0v) is 44.8. The highest BCUT2D eigenvalue weighted by Crippen LogP contribution is 2.44. The molecule has 6 heterocycles. The van der Waals surface area contributed by atoms with Crippen molar-refractivity contribution in [2.75, 3.05) is 45.3 Å². The molecule has 10 aromatic rings. The Kier molecular flexibility index (Phi) is 18.1. The van der Waals surface area contributed by atoms with Crippen LogP contribution in [0, 0.1) is 5.92 Å². The van der Waals surface area contributed by atoms with Crippen LogP contribution in [0.25, 0.3) is 66.1 Å². The summed E-state index contributed by atoms with van der Waals surface area (Å²) in [6.07, 6.45) is 19.4. The number of hydrogen-bond donors (Lipinski definition) is 5. The number of nitrogens with zero attached hydrogens (tertiary/aromatic N) is 6. The third-order valence-electron chi connectivity index (χ3n) is 14.4. The van der Waals surface area contributed by atoms with Gasteiger partial charge in [0.25, 0.3) is 0 Å². The van der Waals surface area contributed by atoms with Crippen LogP contribution in [0.15, 0.2) is 159 Å². The number of hydrogen-bond acceptors (Lipinski definition) is 11. The first-order valence-electron chi connectivity index (χ1n) is 26.5. The predicted molar refractivity (Wildman–Crippen MR) is 315 cm³/mol. The standard InChI is InChI=1S/C24H24ClN3O.C19H22N4O.C19H24N4O/c25-24-23-21(16-28(14-5-4-12-26)22(23)11-13-27-24)19-9-6-10-20(15-19)29-17-18-7-2-1-3-8-18;1-24-15-4-2-3-13(9-15)16-11-23(14-7-12(8-14)10-20)17-5-6-22-19(21)18(16)17;1-24-15-7-5-6-14(12-15)16-13-23(11-4-2-3-9-20)17-8-10-22-19(21)18(16)17/h1-3,6-11,13,15-16H,4-5,12,14,17,26H2;2-6,9,11-12,14H,7-8,10,20H2,1H3,(H2,21,22);5-8,10,12-13H,2-4,9,11,20H2,1H3,(H2,21,22). The molecular formula is C62H70ClN11O3. The Labute approximate surface area is 455 Å². The maximum atomic E-state index is 6.49. The second-order valence-electron chi connectivity index (χ2n) is 19.4. The molecule has 11 rings (SSSR count). The monoisotopic (exact) mass is 1050 g/mol. The second-order valence-corrected chi connectivity index (χ2v) is 19.8. The minimum atomic E-state index is 0.488. The summed E-state index contributed by atoms with van der Waals surface area (Å²) in [6, 6.07) is 41.0. The van der Waals surface area contributed by atoms with E-state index in [4.69, 9.17) is 54.5 Å². The van der Waals surface area contributed by atoms with Crippen LogP contribution in [0.2, 0.25) is 5.15 Å². The van der Waals surface area contributed by atoms with Gasteiger partial charge < -0.3 is 56.6 Å². The number of rotatable bonds is 19. The molecule has 0 atom stereocenters. The largest absolute Gasteiger partial charge is 0.497 e. The highest BCUT2D eigenvalue weighted by molar-refractivity contribution is 6.35. The number of anilines is 2. The van der Waals surface area contributed by atoms with Crippen molar-refractivity contribution >= 4 is 55.9 Å². The second kappa shape index (κ2) is 25.8. The fraction of sp³-hybridized carbons (Fsp3) is 0.274. The summed E-state index contributed by atoms with van der Waals surface area (Å²) in [7, 11) is 3.36. The predicted octanol–water partition coefficient (Wildman–Crippen LogP) is 12.3. The molecule has 0 amide bonds. The van der Waals surface area contributed by atoms with Crippen LogP contribution in [0.3, 0.4) is 0 Å². The molecule has 4 aromatic carbocycles. The van der Waals surface area contributed by atoms with Gasteiger partial charge in [0.2, 0.25) is 0 Å². The van der Waals surface area contributed by atoms with Gasteiger partial charge in [-0.15, -0.1) is 0 Å².